The third-order valence-corrected chi connectivity index (χ3v) is 19.6. The van der Waals surface area contributed by atoms with E-state index in [1.54, 1.807) is 0 Å². The quantitative estimate of drug-likeness (QED) is 0.173. The Kier molecular flexibility index (Phi) is 11.1. The molecule has 0 fully saturated rings. The van der Waals surface area contributed by atoms with Crippen LogP contribution in [0.5, 0.6) is 0 Å². The molecule has 0 saturated heterocycles. The van der Waals surface area contributed by atoms with E-state index in [0.29, 0.717) is 12.0 Å². The van der Waals surface area contributed by atoms with Gasteiger partial charge in [-0.15, -0.1) is 0 Å². The van der Waals surface area contributed by atoms with Crippen molar-refractivity contribution in [2.24, 2.45) is 11.8 Å². The fourth-order valence-corrected chi connectivity index (χ4v) is 15.6. The Morgan fingerprint density at radius 3 is 1.82 bits per heavy atom. The number of anilines is 1. The van der Waals surface area contributed by atoms with Gasteiger partial charge in [-0.1, -0.05) is 172 Å². The largest absolute Gasteiger partial charge is 0.358 e. The molecule has 0 radical (unpaired) electrons. The van der Waals surface area contributed by atoms with Gasteiger partial charge in [0.2, 0.25) is 0 Å². The molecule has 4 aromatic heterocycles. The Morgan fingerprint density at radius 1 is 0.471 bits per heavy atom. The van der Waals surface area contributed by atoms with Crippen molar-refractivity contribution in [3.05, 3.63) is 264 Å². The van der Waals surface area contributed by atoms with Crippen molar-refractivity contribution < 1.29 is 0 Å². The zero-order chi connectivity index (χ0) is 58.4. The SMILES string of the molecule is Cc1ccccc1-c1ccccc1NC1=Cc2c(n(C3=C(C#N)C=C(n4c5ccc(-n6c7ccccc7c7ccccc76)cc5c5cc6c(cc54)C(C)(C)c4ccccc4-6)C(C#N)[C@H](C)C3)c3c2ccc2c4ccccc4n(-c4ccccc4)c23)CC1. The lowest BCUT2D eigenvalue weighted by molar-refractivity contribution is 0.517. The van der Waals surface area contributed by atoms with E-state index >= 15 is 0 Å². The molecular weight excluding hydrogens is 1060 g/mol. The van der Waals surface area contributed by atoms with Gasteiger partial charge in [0, 0.05) is 94.1 Å². The van der Waals surface area contributed by atoms with E-state index in [2.05, 4.69) is 294 Å². The van der Waals surface area contributed by atoms with Crippen LogP contribution >= 0.6 is 0 Å². The Bertz CT molecular complexity index is 5440. The minimum atomic E-state index is -0.586. The summed E-state index contributed by atoms with van der Waals surface area (Å²) in [5.74, 6) is -0.791. The highest BCUT2D eigenvalue weighted by Gasteiger charge is 2.38. The van der Waals surface area contributed by atoms with Crippen molar-refractivity contribution >= 4 is 99.5 Å². The van der Waals surface area contributed by atoms with E-state index in [1.807, 2.05) is 0 Å². The van der Waals surface area contributed by atoms with Gasteiger partial charge in [-0.05, 0) is 144 Å². The van der Waals surface area contributed by atoms with Crippen LogP contribution in [0.1, 0.15) is 61.6 Å². The predicted octanol–water partition coefficient (Wildman–Crippen LogP) is 20.1. The molecule has 3 aliphatic carbocycles. The summed E-state index contributed by atoms with van der Waals surface area (Å²) in [7, 11) is 0. The van der Waals surface area contributed by atoms with Crippen molar-refractivity contribution in [2.45, 2.75) is 52.4 Å². The molecule has 414 valence electrons. The molecule has 1 unspecified atom stereocenters. The van der Waals surface area contributed by atoms with E-state index in [1.165, 1.54) is 44.2 Å². The highest BCUT2D eigenvalue weighted by molar-refractivity contribution is 6.20. The minimum Gasteiger partial charge on any atom is -0.358 e. The smallest absolute Gasteiger partial charge is 0.101 e. The number of hydrogen-bond donors (Lipinski definition) is 1. The minimum absolute atomic E-state index is 0.205. The van der Waals surface area contributed by atoms with Crippen LogP contribution in [0.3, 0.4) is 0 Å². The molecule has 0 saturated carbocycles. The fraction of sp³-hybridized carbons (Fsp3) is 0.125. The first kappa shape index (κ1) is 50.6. The summed E-state index contributed by atoms with van der Waals surface area (Å²) < 4.78 is 9.64. The number of fused-ring (bicyclic) bond motifs is 16. The lowest BCUT2D eigenvalue weighted by Gasteiger charge is -2.24. The third-order valence-electron chi connectivity index (χ3n) is 19.6. The molecule has 2 atom stereocenters. The first-order valence-electron chi connectivity index (χ1n) is 30.4. The van der Waals surface area contributed by atoms with Gasteiger partial charge in [-0.25, -0.2) is 0 Å². The van der Waals surface area contributed by atoms with Gasteiger partial charge in [0.15, 0.2) is 0 Å². The topological polar surface area (TPSA) is 79.3 Å². The molecule has 14 aromatic rings. The second-order valence-corrected chi connectivity index (χ2v) is 24.7. The van der Waals surface area contributed by atoms with E-state index in [4.69, 9.17) is 0 Å². The second-order valence-electron chi connectivity index (χ2n) is 24.7. The van der Waals surface area contributed by atoms with Crippen molar-refractivity contribution in [1.29, 1.82) is 10.5 Å². The maximum atomic E-state index is 12.1. The molecule has 0 bridgehead atoms. The summed E-state index contributed by atoms with van der Waals surface area (Å²) in [6, 6.07) is 84.8. The second kappa shape index (κ2) is 19.1. The predicted molar refractivity (Wildman–Crippen MR) is 360 cm³/mol. The number of benzene rings is 10. The van der Waals surface area contributed by atoms with Crippen LogP contribution in [0.15, 0.2) is 236 Å². The zero-order valence-electron chi connectivity index (χ0n) is 48.9. The third kappa shape index (κ3) is 7.33. The van der Waals surface area contributed by atoms with Gasteiger partial charge in [0.1, 0.15) is 6.07 Å². The highest BCUT2D eigenvalue weighted by Crippen LogP contribution is 2.53. The summed E-state index contributed by atoms with van der Waals surface area (Å²) in [6.07, 6.45) is 6.43. The number of allylic oxidation sites excluding steroid dienone is 5. The molecule has 0 spiro atoms. The molecule has 10 aromatic carbocycles. The normalized spacial score (nSPS) is 16.3. The lowest BCUT2D eigenvalue weighted by Crippen LogP contribution is -2.17. The van der Waals surface area contributed by atoms with Crippen molar-refractivity contribution in [3.63, 3.8) is 0 Å². The standard InChI is InChI=1S/C80H59N7/c1-48-20-8-9-23-54(48)56-25-11-16-30-69(56)83-51-34-38-74-63(42-51)61-37-36-60-59-28-14-19-33-72(59)85(52-21-6-5-7-22-52)78(60)79(61)87(74)75-40-49(2)66(47-82)76(41-50(75)46-81)86-73-39-35-53(84-70-31-17-12-26-57(70)58-27-13-18-32-71(58)84)43-64(73)65-44-62-55-24-10-15-29-67(55)80(3,4)68(62)45-77(65)86/h5-33,35-37,39,41-45,49,66,83H,34,38,40H2,1-4H3/t49-,66?/m1/s1. The average molecular weight is 1120 g/mol. The maximum absolute atomic E-state index is 12.1. The molecule has 0 amide bonds. The van der Waals surface area contributed by atoms with Gasteiger partial charge in [0.25, 0.3) is 0 Å². The van der Waals surface area contributed by atoms with E-state index in [0.717, 1.165) is 129 Å². The molecule has 3 aliphatic rings. The molecule has 7 heteroatoms. The average Bonchev–Trinajstić information content (AvgIpc) is 1.57. The van der Waals surface area contributed by atoms with Crippen molar-refractivity contribution in [3.8, 4) is 45.8 Å². The number of rotatable bonds is 7. The van der Waals surface area contributed by atoms with Crippen LogP contribution in [-0.4, -0.2) is 18.3 Å². The molecular formula is C80H59N7. The first-order valence-corrected chi connectivity index (χ1v) is 30.4. The Balaban J connectivity index is 0.937. The Hall–Kier alpha value is -10.9. The van der Waals surface area contributed by atoms with Gasteiger partial charge >= 0.3 is 0 Å². The lowest BCUT2D eigenvalue weighted by atomic mass is 9.82. The summed E-state index contributed by atoms with van der Waals surface area (Å²) >= 11 is 0. The zero-order valence-corrected chi connectivity index (χ0v) is 48.9. The molecule has 17 rings (SSSR count). The van der Waals surface area contributed by atoms with Gasteiger partial charge in [-0.2, -0.15) is 10.5 Å². The van der Waals surface area contributed by atoms with Crippen LogP contribution in [0.4, 0.5) is 5.69 Å². The molecule has 1 N–H and O–H groups in total. The monoisotopic (exact) mass is 1120 g/mol. The van der Waals surface area contributed by atoms with E-state index in [-0.39, 0.29) is 11.3 Å². The molecule has 87 heavy (non-hydrogen) atoms. The number of aryl methyl sites for hydroxylation is 1. The summed E-state index contributed by atoms with van der Waals surface area (Å²) in [6.45, 7) is 9.06. The number of nitriles is 2. The molecule has 0 aliphatic heterocycles. The number of para-hydroxylation sites is 5. The maximum Gasteiger partial charge on any atom is 0.101 e. The number of nitrogens with zero attached hydrogens (tertiary/aromatic N) is 6. The van der Waals surface area contributed by atoms with Gasteiger partial charge < -0.3 is 23.6 Å². The molecule has 4 heterocycles. The summed E-state index contributed by atoms with van der Waals surface area (Å²) in [5, 5.41) is 35.9. The number of hydrogen-bond acceptors (Lipinski definition) is 3. The Morgan fingerprint density at radius 2 is 1.08 bits per heavy atom. The van der Waals surface area contributed by atoms with Crippen LogP contribution in [-0.2, 0) is 11.8 Å². The Labute approximate surface area is 504 Å². The first-order chi connectivity index (χ1) is 42.7. The molecule has 7 nitrogen and oxygen atoms in total. The van der Waals surface area contributed by atoms with Gasteiger partial charge in [-0.3, -0.25) is 0 Å². The summed E-state index contributed by atoms with van der Waals surface area (Å²) in [5.41, 5.74) is 24.8. The van der Waals surface area contributed by atoms with Gasteiger partial charge in [0.05, 0.1) is 56.2 Å². The fourth-order valence-electron chi connectivity index (χ4n) is 15.6. The van der Waals surface area contributed by atoms with E-state index in [9.17, 15) is 10.5 Å². The van der Waals surface area contributed by atoms with Crippen LogP contribution in [0, 0.1) is 41.4 Å². The van der Waals surface area contributed by atoms with Crippen molar-refractivity contribution in [1.82, 2.24) is 18.3 Å². The van der Waals surface area contributed by atoms with Crippen LogP contribution in [0.25, 0.3) is 127 Å². The van der Waals surface area contributed by atoms with Crippen LogP contribution in [0.2, 0.25) is 0 Å². The number of aromatic nitrogens is 4. The van der Waals surface area contributed by atoms with Crippen LogP contribution < -0.4 is 5.32 Å². The highest BCUT2D eigenvalue weighted by atomic mass is 15.1. The van der Waals surface area contributed by atoms with Crippen molar-refractivity contribution in [2.75, 3.05) is 5.32 Å². The summed E-state index contributed by atoms with van der Waals surface area (Å²) in [4.78, 5) is 0. The number of nitrogens with one attached hydrogen (secondary N) is 1. The van der Waals surface area contributed by atoms with E-state index < -0.39 is 5.92 Å².